The third-order valence-electron chi connectivity index (χ3n) is 4.77. The predicted molar refractivity (Wildman–Crippen MR) is 90.2 cm³/mol. The number of amides is 1. The molecule has 1 amide bonds. The number of fused-ring (bicyclic) bond motifs is 3. The number of carbonyl (C=O) groups excluding carboxylic acids is 1. The molecule has 4 rings (SSSR count). The Labute approximate surface area is 139 Å². The third-order valence-corrected chi connectivity index (χ3v) is 4.77. The van der Waals surface area contributed by atoms with E-state index in [-0.39, 0.29) is 18.2 Å². The van der Waals surface area contributed by atoms with Crippen molar-refractivity contribution < 1.29 is 4.79 Å². The lowest BCUT2D eigenvalue weighted by Gasteiger charge is -2.33. The minimum atomic E-state index is -0.0733. The molecule has 1 N–H and O–H groups in total. The van der Waals surface area contributed by atoms with Crippen molar-refractivity contribution in [2.75, 3.05) is 13.1 Å². The van der Waals surface area contributed by atoms with Gasteiger partial charge in [0.25, 0.3) is 0 Å². The predicted octanol–water partition coefficient (Wildman–Crippen LogP) is 2.73. The molecule has 0 radical (unpaired) electrons. The Morgan fingerprint density at radius 2 is 2.33 bits per heavy atom. The molecular weight excluding hydrogens is 302 g/mol. The molecule has 0 spiro atoms. The summed E-state index contributed by atoms with van der Waals surface area (Å²) in [7, 11) is 0. The number of carbonyl (C=O) groups is 1. The van der Waals surface area contributed by atoms with Gasteiger partial charge in [0, 0.05) is 42.2 Å². The molecule has 1 atom stereocenters. The summed E-state index contributed by atoms with van der Waals surface area (Å²) in [4.78, 5) is 25.8. The van der Waals surface area contributed by atoms with E-state index in [1.165, 1.54) is 5.56 Å². The molecule has 6 nitrogen and oxygen atoms in total. The molecule has 6 heteroatoms. The molecule has 1 aliphatic rings. The van der Waals surface area contributed by atoms with E-state index in [4.69, 9.17) is 5.26 Å². The first-order valence-corrected chi connectivity index (χ1v) is 8.13. The molecule has 0 aromatic carbocycles. The number of nitrogens with zero attached hydrogens (tertiary/aromatic N) is 4. The van der Waals surface area contributed by atoms with E-state index in [1.54, 1.807) is 6.20 Å². The van der Waals surface area contributed by atoms with Crippen molar-refractivity contribution in [1.29, 1.82) is 5.26 Å². The molecule has 0 aliphatic carbocycles. The average Bonchev–Trinajstić information content (AvgIpc) is 3.10. The van der Waals surface area contributed by atoms with Crippen LogP contribution in [0.1, 0.15) is 30.7 Å². The van der Waals surface area contributed by atoms with E-state index in [0.29, 0.717) is 6.54 Å². The highest BCUT2D eigenvalue weighted by molar-refractivity contribution is 6.05. The number of aromatic amines is 1. The maximum absolute atomic E-state index is 12.1. The average molecular weight is 319 g/mol. The number of H-pyrrole nitrogens is 1. The van der Waals surface area contributed by atoms with Crippen LogP contribution >= 0.6 is 0 Å². The largest absolute Gasteiger partial charge is 0.360 e. The molecule has 3 aromatic heterocycles. The maximum Gasteiger partial charge on any atom is 0.236 e. The van der Waals surface area contributed by atoms with Gasteiger partial charge in [0.1, 0.15) is 6.42 Å². The maximum atomic E-state index is 12.1. The lowest BCUT2D eigenvalue weighted by atomic mass is 9.88. The zero-order valence-electron chi connectivity index (χ0n) is 13.2. The van der Waals surface area contributed by atoms with Crippen LogP contribution in [0.15, 0.2) is 30.7 Å². The van der Waals surface area contributed by atoms with Gasteiger partial charge in [-0.1, -0.05) is 0 Å². The SMILES string of the molecule is N#CCC(=O)N1CCC[C@@H](c2cc[nH]c3cnc4nccc4c23)C1. The first kappa shape index (κ1) is 14.6. The molecule has 24 heavy (non-hydrogen) atoms. The minimum Gasteiger partial charge on any atom is -0.360 e. The van der Waals surface area contributed by atoms with Crippen molar-refractivity contribution in [3.8, 4) is 6.07 Å². The zero-order valence-corrected chi connectivity index (χ0v) is 13.2. The Morgan fingerprint density at radius 3 is 3.21 bits per heavy atom. The van der Waals surface area contributed by atoms with Crippen LogP contribution in [-0.2, 0) is 4.79 Å². The molecule has 3 aromatic rings. The highest BCUT2D eigenvalue weighted by Gasteiger charge is 2.26. The van der Waals surface area contributed by atoms with Crippen LogP contribution in [-0.4, -0.2) is 38.8 Å². The van der Waals surface area contributed by atoms with Gasteiger partial charge in [0.05, 0.1) is 17.8 Å². The minimum absolute atomic E-state index is 0.0447. The fourth-order valence-electron chi connectivity index (χ4n) is 3.66. The second-order valence-corrected chi connectivity index (χ2v) is 6.18. The van der Waals surface area contributed by atoms with Crippen LogP contribution in [0, 0.1) is 11.3 Å². The van der Waals surface area contributed by atoms with Gasteiger partial charge in [0.15, 0.2) is 5.65 Å². The van der Waals surface area contributed by atoms with Gasteiger partial charge < -0.3 is 9.88 Å². The molecule has 0 bridgehead atoms. The number of likely N-dealkylation sites (tertiary alicyclic amines) is 1. The summed E-state index contributed by atoms with van der Waals surface area (Å²) < 4.78 is 0. The van der Waals surface area contributed by atoms with Crippen LogP contribution in [0.2, 0.25) is 0 Å². The van der Waals surface area contributed by atoms with E-state index in [9.17, 15) is 4.79 Å². The Hall–Kier alpha value is -2.94. The summed E-state index contributed by atoms with van der Waals surface area (Å²) in [6.45, 7) is 1.40. The van der Waals surface area contributed by atoms with Crippen molar-refractivity contribution in [3.05, 3.63) is 36.3 Å². The monoisotopic (exact) mass is 319 g/mol. The quantitative estimate of drug-likeness (QED) is 0.787. The van der Waals surface area contributed by atoms with Crippen molar-refractivity contribution in [2.45, 2.75) is 25.2 Å². The van der Waals surface area contributed by atoms with E-state index in [0.717, 1.165) is 41.3 Å². The van der Waals surface area contributed by atoms with Crippen molar-refractivity contribution in [2.24, 2.45) is 0 Å². The first-order valence-electron chi connectivity index (χ1n) is 8.13. The van der Waals surface area contributed by atoms with Crippen LogP contribution in [0.5, 0.6) is 0 Å². The van der Waals surface area contributed by atoms with Crippen molar-refractivity contribution in [1.82, 2.24) is 19.9 Å². The normalized spacial score (nSPS) is 18.0. The summed E-state index contributed by atoms with van der Waals surface area (Å²) in [5.41, 5.74) is 2.95. The molecular formula is C18H17N5O. The summed E-state index contributed by atoms with van der Waals surface area (Å²) in [5, 5.41) is 11.0. The van der Waals surface area contributed by atoms with Gasteiger partial charge in [-0.3, -0.25) is 4.79 Å². The van der Waals surface area contributed by atoms with Gasteiger partial charge >= 0.3 is 0 Å². The van der Waals surface area contributed by atoms with Crippen LogP contribution < -0.4 is 0 Å². The fraction of sp³-hybridized carbons (Fsp3) is 0.333. The third kappa shape index (κ3) is 2.38. The number of hydrogen-bond acceptors (Lipinski definition) is 4. The van der Waals surface area contributed by atoms with E-state index < -0.39 is 0 Å². The lowest BCUT2D eigenvalue weighted by Crippen LogP contribution is -2.38. The van der Waals surface area contributed by atoms with E-state index in [2.05, 4.69) is 21.0 Å². The topological polar surface area (TPSA) is 85.7 Å². The van der Waals surface area contributed by atoms with E-state index >= 15 is 0 Å². The smallest absolute Gasteiger partial charge is 0.236 e. The van der Waals surface area contributed by atoms with Crippen LogP contribution in [0.25, 0.3) is 21.9 Å². The Morgan fingerprint density at radius 1 is 1.42 bits per heavy atom. The van der Waals surface area contributed by atoms with Gasteiger partial charge in [-0.2, -0.15) is 5.26 Å². The van der Waals surface area contributed by atoms with Gasteiger partial charge in [-0.15, -0.1) is 0 Å². The number of hydrogen-bond donors (Lipinski definition) is 1. The summed E-state index contributed by atoms with van der Waals surface area (Å²) in [6.07, 6.45) is 7.46. The molecule has 0 saturated carbocycles. The molecule has 1 aliphatic heterocycles. The lowest BCUT2D eigenvalue weighted by molar-refractivity contribution is -0.131. The van der Waals surface area contributed by atoms with Gasteiger partial charge in [0.2, 0.25) is 5.91 Å². The fourth-order valence-corrected chi connectivity index (χ4v) is 3.66. The number of nitrogens with one attached hydrogen (secondary N) is 1. The Bertz CT molecular complexity index is 955. The highest BCUT2D eigenvalue weighted by atomic mass is 16.2. The van der Waals surface area contributed by atoms with Crippen molar-refractivity contribution in [3.63, 3.8) is 0 Å². The summed E-state index contributed by atoms with van der Waals surface area (Å²) >= 11 is 0. The summed E-state index contributed by atoms with van der Waals surface area (Å²) in [6, 6.07) is 6.04. The number of aromatic nitrogens is 3. The Kier molecular flexibility index (Phi) is 3.62. The summed E-state index contributed by atoms with van der Waals surface area (Å²) in [5.74, 6) is 0.190. The molecule has 0 unspecified atom stereocenters. The molecule has 1 fully saturated rings. The van der Waals surface area contributed by atoms with Crippen LogP contribution in [0.4, 0.5) is 0 Å². The number of pyridine rings is 2. The number of piperidine rings is 1. The number of rotatable bonds is 2. The van der Waals surface area contributed by atoms with E-state index in [1.807, 2.05) is 29.4 Å². The zero-order chi connectivity index (χ0) is 16.5. The second kappa shape index (κ2) is 5.93. The molecule has 4 heterocycles. The molecule has 120 valence electrons. The number of nitriles is 1. The van der Waals surface area contributed by atoms with Gasteiger partial charge in [-0.25, -0.2) is 9.97 Å². The van der Waals surface area contributed by atoms with Crippen molar-refractivity contribution >= 4 is 27.8 Å². The second-order valence-electron chi connectivity index (χ2n) is 6.18. The molecule has 1 saturated heterocycles. The van der Waals surface area contributed by atoms with Crippen LogP contribution in [0.3, 0.4) is 0 Å². The highest BCUT2D eigenvalue weighted by Crippen LogP contribution is 2.34. The standard InChI is InChI=1S/C18H17N5O/c19-6-3-16(24)23-9-1-2-12(11-23)13-4-7-20-15-10-22-18-14(17(13)15)5-8-21-18/h4-5,7-8,10,12,20H,1-3,9,11H2/t12-/m1/s1. The van der Waals surface area contributed by atoms with Gasteiger partial charge in [-0.05, 0) is 30.5 Å². The first-order chi connectivity index (χ1) is 11.8. The Balaban J connectivity index is 1.77.